The van der Waals surface area contributed by atoms with Crippen molar-refractivity contribution in [2.45, 2.75) is 50.2 Å². The molecular weight excluding hydrogens is 250 g/mol. The van der Waals surface area contributed by atoms with E-state index in [1.54, 1.807) is 6.33 Å². The Morgan fingerprint density at radius 1 is 1.50 bits per heavy atom. The number of carbonyl (C=O) groups is 1. The van der Waals surface area contributed by atoms with Crippen molar-refractivity contribution >= 4 is 17.7 Å². The summed E-state index contributed by atoms with van der Waals surface area (Å²) in [5.41, 5.74) is 0. The van der Waals surface area contributed by atoms with Crippen molar-refractivity contribution in [3.8, 4) is 0 Å². The minimum Gasteiger partial charge on any atom is -0.481 e. The molecule has 0 spiro atoms. The van der Waals surface area contributed by atoms with Crippen molar-refractivity contribution < 1.29 is 9.90 Å². The van der Waals surface area contributed by atoms with E-state index in [2.05, 4.69) is 21.7 Å². The van der Waals surface area contributed by atoms with Crippen LogP contribution in [0, 0.1) is 5.92 Å². The maximum absolute atomic E-state index is 10.6. The number of thioether (sulfide) groups is 1. The Balaban J connectivity index is 1.96. The van der Waals surface area contributed by atoms with Crippen LogP contribution in [0.4, 0.5) is 0 Å². The summed E-state index contributed by atoms with van der Waals surface area (Å²) in [7, 11) is 0. The monoisotopic (exact) mass is 269 g/mol. The highest BCUT2D eigenvalue weighted by Crippen LogP contribution is 2.35. The highest BCUT2D eigenvalue weighted by Gasteiger charge is 2.23. The quantitative estimate of drug-likeness (QED) is 0.832. The Morgan fingerprint density at radius 2 is 2.22 bits per heavy atom. The van der Waals surface area contributed by atoms with Gasteiger partial charge in [0.2, 0.25) is 0 Å². The van der Waals surface area contributed by atoms with Gasteiger partial charge in [0.1, 0.15) is 6.33 Å². The number of carboxylic acid groups (broad SMARTS) is 1. The van der Waals surface area contributed by atoms with Crippen LogP contribution in [0.25, 0.3) is 0 Å². The molecule has 0 aromatic carbocycles. The highest BCUT2D eigenvalue weighted by molar-refractivity contribution is 7.99. The molecule has 1 heterocycles. The minimum absolute atomic E-state index is 0.0446. The first-order valence-corrected chi connectivity index (χ1v) is 7.43. The number of nitrogens with zero attached hydrogens (tertiary/aromatic N) is 3. The second-order valence-electron chi connectivity index (χ2n) is 4.79. The zero-order valence-electron chi connectivity index (χ0n) is 10.6. The lowest BCUT2D eigenvalue weighted by atomic mass is 9.84. The van der Waals surface area contributed by atoms with Crippen molar-refractivity contribution in [2.24, 2.45) is 5.92 Å². The lowest BCUT2D eigenvalue weighted by molar-refractivity contribution is -0.133. The van der Waals surface area contributed by atoms with Gasteiger partial charge in [0, 0.05) is 6.04 Å². The zero-order chi connectivity index (χ0) is 13.0. The number of aromatic nitrogens is 3. The first kappa shape index (κ1) is 13.4. The van der Waals surface area contributed by atoms with Gasteiger partial charge in [-0.1, -0.05) is 25.1 Å². The molecule has 2 rings (SSSR count). The Bertz CT molecular complexity index is 400. The summed E-state index contributed by atoms with van der Waals surface area (Å²) in [6.45, 7) is 2.25. The second-order valence-corrected chi connectivity index (χ2v) is 5.73. The van der Waals surface area contributed by atoms with Crippen molar-refractivity contribution in [1.82, 2.24) is 14.8 Å². The van der Waals surface area contributed by atoms with Gasteiger partial charge in [-0.05, 0) is 31.6 Å². The largest absolute Gasteiger partial charge is 0.481 e. The van der Waals surface area contributed by atoms with E-state index in [0.29, 0.717) is 6.04 Å². The first-order valence-electron chi connectivity index (χ1n) is 6.44. The van der Waals surface area contributed by atoms with Crippen LogP contribution in [-0.2, 0) is 4.79 Å². The molecule has 1 aromatic heterocycles. The van der Waals surface area contributed by atoms with Gasteiger partial charge in [-0.2, -0.15) is 0 Å². The Labute approximate surface area is 111 Å². The van der Waals surface area contributed by atoms with E-state index in [1.165, 1.54) is 31.0 Å². The fourth-order valence-electron chi connectivity index (χ4n) is 2.54. The summed E-state index contributed by atoms with van der Waals surface area (Å²) >= 11 is 1.25. The fraction of sp³-hybridized carbons (Fsp3) is 0.750. The van der Waals surface area contributed by atoms with Crippen molar-refractivity contribution in [3.63, 3.8) is 0 Å². The smallest absolute Gasteiger partial charge is 0.313 e. The molecule has 18 heavy (non-hydrogen) atoms. The number of hydrogen-bond donors (Lipinski definition) is 1. The number of rotatable bonds is 5. The second kappa shape index (κ2) is 6.22. The van der Waals surface area contributed by atoms with Gasteiger partial charge in [-0.3, -0.25) is 4.79 Å². The van der Waals surface area contributed by atoms with Gasteiger partial charge in [0.15, 0.2) is 5.16 Å². The summed E-state index contributed by atoms with van der Waals surface area (Å²) in [6, 6.07) is 0.444. The van der Waals surface area contributed by atoms with Gasteiger partial charge in [-0.25, -0.2) is 0 Å². The Kier molecular flexibility index (Phi) is 4.63. The molecule has 0 radical (unpaired) electrons. The van der Waals surface area contributed by atoms with E-state index < -0.39 is 5.97 Å². The van der Waals surface area contributed by atoms with Crippen LogP contribution < -0.4 is 0 Å². The van der Waals surface area contributed by atoms with Gasteiger partial charge < -0.3 is 9.67 Å². The van der Waals surface area contributed by atoms with Crippen LogP contribution in [0.5, 0.6) is 0 Å². The van der Waals surface area contributed by atoms with Crippen LogP contribution in [0.3, 0.4) is 0 Å². The average Bonchev–Trinajstić information content (AvgIpc) is 2.85. The lowest BCUT2D eigenvalue weighted by Gasteiger charge is -2.29. The molecular formula is C12H19N3O2S. The normalized spacial score (nSPS) is 24.1. The Hall–Kier alpha value is -1.04. The van der Waals surface area contributed by atoms with Crippen LogP contribution in [-0.4, -0.2) is 31.6 Å². The first-order chi connectivity index (χ1) is 8.70. The third-order valence-electron chi connectivity index (χ3n) is 3.65. The molecule has 0 aliphatic heterocycles. The third kappa shape index (κ3) is 3.25. The van der Waals surface area contributed by atoms with Gasteiger partial charge in [0.05, 0.1) is 5.75 Å². The topological polar surface area (TPSA) is 68.0 Å². The maximum atomic E-state index is 10.6. The average molecular weight is 269 g/mol. The SMILES string of the molecule is CCC1CCC(n2cnnc2SCC(=O)O)CC1. The van der Waals surface area contributed by atoms with Crippen LogP contribution in [0.2, 0.25) is 0 Å². The van der Waals surface area contributed by atoms with E-state index >= 15 is 0 Å². The van der Waals surface area contributed by atoms with E-state index in [-0.39, 0.29) is 5.75 Å². The van der Waals surface area contributed by atoms with Crippen LogP contribution in [0.1, 0.15) is 45.1 Å². The number of aliphatic carboxylic acids is 1. The molecule has 5 nitrogen and oxygen atoms in total. The van der Waals surface area contributed by atoms with Crippen LogP contribution in [0.15, 0.2) is 11.5 Å². The van der Waals surface area contributed by atoms with Gasteiger partial charge in [0.25, 0.3) is 0 Å². The van der Waals surface area contributed by atoms with Gasteiger partial charge in [-0.15, -0.1) is 10.2 Å². The molecule has 1 saturated carbocycles. The molecule has 0 unspecified atom stereocenters. The molecule has 1 fully saturated rings. The molecule has 1 N–H and O–H groups in total. The van der Waals surface area contributed by atoms with Crippen LogP contribution >= 0.6 is 11.8 Å². The zero-order valence-corrected chi connectivity index (χ0v) is 11.4. The molecule has 6 heteroatoms. The standard InChI is InChI=1S/C12H19N3O2S/c1-2-9-3-5-10(6-4-9)15-8-13-14-12(15)18-7-11(16)17/h8-10H,2-7H2,1H3,(H,16,17). The number of hydrogen-bond acceptors (Lipinski definition) is 4. The third-order valence-corrected chi connectivity index (χ3v) is 4.59. The maximum Gasteiger partial charge on any atom is 0.313 e. The van der Waals surface area contributed by atoms with E-state index in [4.69, 9.17) is 5.11 Å². The van der Waals surface area contributed by atoms with E-state index in [1.807, 2.05) is 0 Å². The van der Waals surface area contributed by atoms with E-state index in [9.17, 15) is 4.79 Å². The predicted molar refractivity (Wildman–Crippen MR) is 69.7 cm³/mol. The van der Waals surface area contributed by atoms with Gasteiger partial charge >= 0.3 is 5.97 Å². The molecule has 0 saturated heterocycles. The van der Waals surface area contributed by atoms with Crippen molar-refractivity contribution in [2.75, 3.05) is 5.75 Å². The molecule has 1 aromatic rings. The Morgan fingerprint density at radius 3 is 2.83 bits per heavy atom. The van der Waals surface area contributed by atoms with Crippen molar-refractivity contribution in [1.29, 1.82) is 0 Å². The highest BCUT2D eigenvalue weighted by atomic mass is 32.2. The number of carboxylic acids is 1. The summed E-state index contributed by atoms with van der Waals surface area (Å²) in [6.07, 6.45) is 7.80. The lowest BCUT2D eigenvalue weighted by Crippen LogP contribution is -2.18. The molecule has 1 aliphatic rings. The summed E-state index contributed by atoms with van der Waals surface area (Å²) < 4.78 is 2.06. The van der Waals surface area contributed by atoms with Crippen molar-refractivity contribution in [3.05, 3.63) is 6.33 Å². The predicted octanol–water partition coefficient (Wildman–Crippen LogP) is 2.60. The van der Waals surface area contributed by atoms with E-state index in [0.717, 1.165) is 23.9 Å². The molecule has 1 aliphatic carbocycles. The molecule has 0 bridgehead atoms. The summed E-state index contributed by atoms with van der Waals surface area (Å²) in [5, 5.41) is 17.4. The summed E-state index contributed by atoms with van der Waals surface area (Å²) in [5.74, 6) is 0.0836. The fourth-order valence-corrected chi connectivity index (χ4v) is 3.25. The minimum atomic E-state index is -0.816. The molecule has 100 valence electrons. The molecule has 0 amide bonds. The summed E-state index contributed by atoms with van der Waals surface area (Å²) in [4.78, 5) is 10.6. The molecule has 0 atom stereocenters.